The number of hydrogen-bond donors (Lipinski definition) is 1. The van der Waals surface area contributed by atoms with Crippen molar-refractivity contribution >= 4 is 5.91 Å². The second-order valence-electron chi connectivity index (χ2n) is 2.16. The number of rotatable bonds is 2. The summed E-state index contributed by atoms with van der Waals surface area (Å²) in [7, 11) is 3.76. The number of nitrogens with one attached hydrogen (secondary N) is 1. The topological polar surface area (TPSA) is 32.3 Å². The maximum atomic E-state index is 10.4. The minimum Gasteiger partial charge on any atom is -0.335 e. The highest BCUT2D eigenvalue weighted by molar-refractivity contribution is 5.74. The first kappa shape index (κ1) is 8.43. The molecule has 0 heterocycles. The lowest BCUT2D eigenvalue weighted by Gasteiger charge is -2.17. The van der Waals surface area contributed by atoms with Gasteiger partial charge in [0.25, 0.3) is 0 Å². The van der Waals surface area contributed by atoms with Crippen LogP contribution in [0.3, 0.4) is 0 Å². The summed E-state index contributed by atoms with van der Waals surface area (Å²) in [5.41, 5.74) is 0. The Kier molecular flexibility index (Phi) is 3.24. The highest BCUT2D eigenvalue weighted by Crippen LogP contribution is 1.93. The molecule has 1 N–H and O–H groups in total. The van der Waals surface area contributed by atoms with Crippen LogP contribution in [-0.2, 0) is 4.79 Å². The van der Waals surface area contributed by atoms with Crippen LogP contribution >= 0.6 is 0 Å². The van der Waals surface area contributed by atoms with Crippen molar-refractivity contribution in [2.45, 2.75) is 13.8 Å². The van der Waals surface area contributed by atoms with E-state index in [1.54, 1.807) is 0 Å². The van der Waals surface area contributed by atoms with E-state index in [0.29, 0.717) is 0 Å². The van der Waals surface area contributed by atoms with E-state index in [9.17, 15) is 4.79 Å². The van der Waals surface area contributed by atoms with Crippen LogP contribution < -0.4 is 5.32 Å². The van der Waals surface area contributed by atoms with Gasteiger partial charge in [0.05, 0.1) is 0 Å². The lowest BCUT2D eigenvalue weighted by Crippen LogP contribution is -2.33. The Morgan fingerprint density at radius 3 is 1.89 bits per heavy atom. The van der Waals surface area contributed by atoms with Gasteiger partial charge in [-0.2, -0.15) is 0 Å². The number of nitrogens with zero attached hydrogens (tertiary/aromatic N) is 1. The fraction of sp³-hybridized carbons (Fsp3) is 0.667. The Bertz CT molecular complexity index is 101. The van der Waals surface area contributed by atoms with Gasteiger partial charge in [-0.25, -0.2) is 0 Å². The van der Waals surface area contributed by atoms with Crippen LogP contribution in [0, 0.1) is 6.17 Å². The van der Waals surface area contributed by atoms with Crippen LogP contribution in [0.5, 0.6) is 0 Å². The number of hydrogen-bond acceptors (Lipinski definition) is 2. The van der Waals surface area contributed by atoms with Gasteiger partial charge in [-0.3, -0.25) is 9.69 Å². The molecule has 0 saturated heterocycles. The molecule has 0 unspecified atom stereocenters. The van der Waals surface area contributed by atoms with E-state index >= 15 is 0 Å². The summed E-state index contributed by atoms with van der Waals surface area (Å²) in [4.78, 5) is 12.2. The molecular weight excluding hydrogens is 116 g/mol. The molecule has 0 bridgehead atoms. The smallest absolute Gasteiger partial charge is 0.218 e. The molecule has 0 aliphatic carbocycles. The SMILES string of the molecule is C[C](NC(C)=O)N(C)C. The van der Waals surface area contributed by atoms with Crippen LogP contribution in [0.1, 0.15) is 13.8 Å². The predicted molar refractivity (Wildman–Crippen MR) is 36.4 cm³/mol. The van der Waals surface area contributed by atoms with Crippen LogP contribution in [0.15, 0.2) is 0 Å². The van der Waals surface area contributed by atoms with E-state index in [-0.39, 0.29) is 5.91 Å². The van der Waals surface area contributed by atoms with Crippen molar-refractivity contribution in [3.63, 3.8) is 0 Å². The van der Waals surface area contributed by atoms with E-state index in [1.807, 2.05) is 25.9 Å². The maximum Gasteiger partial charge on any atom is 0.218 e. The van der Waals surface area contributed by atoms with Crippen LogP contribution in [0.2, 0.25) is 0 Å². The minimum atomic E-state index is -0.0267. The number of amides is 1. The first-order valence-electron chi connectivity index (χ1n) is 2.82. The van der Waals surface area contributed by atoms with Gasteiger partial charge < -0.3 is 5.32 Å². The number of carbonyl (C=O) groups excluding carboxylic acids is 1. The Labute approximate surface area is 56.0 Å². The van der Waals surface area contributed by atoms with Gasteiger partial charge in [-0.05, 0) is 21.0 Å². The first-order valence-corrected chi connectivity index (χ1v) is 2.82. The fourth-order valence-corrected chi connectivity index (χ4v) is 0.367. The lowest BCUT2D eigenvalue weighted by molar-refractivity contribution is -0.119. The van der Waals surface area contributed by atoms with Gasteiger partial charge >= 0.3 is 0 Å². The summed E-state index contributed by atoms with van der Waals surface area (Å²) in [6, 6.07) is 0. The van der Waals surface area contributed by atoms with E-state index in [2.05, 4.69) is 5.32 Å². The van der Waals surface area contributed by atoms with Crippen molar-refractivity contribution < 1.29 is 4.79 Å². The molecule has 0 aliphatic heterocycles. The maximum absolute atomic E-state index is 10.4. The summed E-state index contributed by atoms with van der Waals surface area (Å²) in [6.07, 6.45) is 0.863. The van der Waals surface area contributed by atoms with Crippen LogP contribution in [0.25, 0.3) is 0 Å². The van der Waals surface area contributed by atoms with Crippen LogP contribution in [0.4, 0.5) is 0 Å². The molecule has 3 heteroatoms. The highest BCUT2D eigenvalue weighted by atomic mass is 16.1. The van der Waals surface area contributed by atoms with Crippen molar-refractivity contribution in [2.75, 3.05) is 14.1 Å². The molecule has 9 heavy (non-hydrogen) atoms. The molecule has 53 valence electrons. The van der Waals surface area contributed by atoms with E-state index in [0.717, 1.165) is 6.17 Å². The Balaban J connectivity index is 3.50. The average Bonchev–Trinajstić information content (AvgIpc) is 1.63. The molecule has 0 aliphatic rings. The lowest BCUT2D eigenvalue weighted by atomic mass is 10.5. The second-order valence-corrected chi connectivity index (χ2v) is 2.16. The van der Waals surface area contributed by atoms with Gasteiger partial charge in [0, 0.05) is 6.92 Å². The van der Waals surface area contributed by atoms with Gasteiger partial charge in [-0.1, -0.05) is 0 Å². The highest BCUT2D eigenvalue weighted by Gasteiger charge is 2.04. The average molecular weight is 129 g/mol. The Morgan fingerprint density at radius 2 is 1.78 bits per heavy atom. The van der Waals surface area contributed by atoms with Crippen LogP contribution in [-0.4, -0.2) is 24.9 Å². The normalized spacial score (nSPS) is 10.4. The zero-order chi connectivity index (χ0) is 7.44. The Hall–Kier alpha value is -0.570. The molecule has 0 aromatic carbocycles. The molecule has 1 radical (unpaired) electrons. The largest absolute Gasteiger partial charge is 0.335 e. The zero-order valence-electron chi connectivity index (χ0n) is 6.36. The quantitative estimate of drug-likeness (QED) is 0.577. The summed E-state index contributed by atoms with van der Waals surface area (Å²) in [6.45, 7) is 3.34. The summed E-state index contributed by atoms with van der Waals surface area (Å²) in [5, 5.41) is 2.65. The molecule has 0 spiro atoms. The van der Waals surface area contributed by atoms with Crippen molar-refractivity contribution in [1.29, 1.82) is 0 Å². The third-order valence-corrected chi connectivity index (χ3v) is 1.03. The third kappa shape index (κ3) is 3.97. The minimum absolute atomic E-state index is 0.0267. The molecule has 0 fully saturated rings. The monoisotopic (exact) mass is 129 g/mol. The van der Waals surface area contributed by atoms with Gasteiger partial charge in [0.2, 0.25) is 5.91 Å². The second kappa shape index (κ2) is 3.45. The third-order valence-electron chi connectivity index (χ3n) is 1.03. The van der Waals surface area contributed by atoms with Gasteiger partial charge in [0.15, 0.2) is 0 Å². The van der Waals surface area contributed by atoms with Crippen molar-refractivity contribution in [1.82, 2.24) is 10.2 Å². The molecule has 3 nitrogen and oxygen atoms in total. The van der Waals surface area contributed by atoms with E-state index in [4.69, 9.17) is 0 Å². The molecule has 0 rings (SSSR count). The van der Waals surface area contributed by atoms with E-state index < -0.39 is 0 Å². The fourth-order valence-electron chi connectivity index (χ4n) is 0.367. The predicted octanol–water partition coefficient (Wildman–Crippen LogP) is 0.193. The zero-order valence-corrected chi connectivity index (χ0v) is 6.36. The van der Waals surface area contributed by atoms with Gasteiger partial charge in [0.1, 0.15) is 6.17 Å². The molecule has 0 aromatic heterocycles. The summed E-state index contributed by atoms with van der Waals surface area (Å²) < 4.78 is 0. The standard InChI is InChI=1S/C6H13N2O/c1-5(8(3)4)7-6(2)9/h1-4H3,(H,7,9). The molecular formula is C6H13N2O. The number of carbonyl (C=O) groups is 1. The van der Waals surface area contributed by atoms with Crippen molar-refractivity contribution in [2.24, 2.45) is 0 Å². The molecule has 0 saturated carbocycles. The molecule has 0 atom stereocenters. The molecule has 0 aromatic rings. The van der Waals surface area contributed by atoms with Crippen molar-refractivity contribution in [3.05, 3.63) is 6.17 Å². The summed E-state index contributed by atoms with van der Waals surface area (Å²) in [5.74, 6) is -0.0267. The Morgan fingerprint density at radius 1 is 1.33 bits per heavy atom. The van der Waals surface area contributed by atoms with Gasteiger partial charge in [-0.15, -0.1) is 0 Å². The first-order chi connectivity index (χ1) is 4.04. The van der Waals surface area contributed by atoms with E-state index in [1.165, 1.54) is 6.92 Å². The van der Waals surface area contributed by atoms with Crippen molar-refractivity contribution in [3.8, 4) is 0 Å². The summed E-state index contributed by atoms with van der Waals surface area (Å²) >= 11 is 0. The molecule has 1 amide bonds.